The van der Waals surface area contributed by atoms with Gasteiger partial charge in [0.1, 0.15) is 0 Å². The Kier molecular flexibility index (Phi) is 4.86. The van der Waals surface area contributed by atoms with Gasteiger partial charge < -0.3 is 9.64 Å². The number of anilines is 1. The molecule has 1 atom stereocenters. The van der Waals surface area contributed by atoms with Gasteiger partial charge in [0.2, 0.25) is 0 Å². The first-order valence-corrected chi connectivity index (χ1v) is 9.54. The molecule has 1 amide bonds. The summed E-state index contributed by atoms with van der Waals surface area (Å²) in [6.45, 7) is 3.60. The first-order chi connectivity index (χ1) is 12.6. The van der Waals surface area contributed by atoms with Crippen LogP contribution in [-0.2, 0) is 4.74 Å². The molecular weight excluding hydrogens is 360 g/mol. The molecule has 2 aromatic rings. The second kappa shape index (κ2) is 7.28. The maximum absolute atomic E-state index is 14.0. The number of hydrogen-bond acceptors (Lipinski definition) is 5. The number of ether oxygens (including phenoxy) is 1. The van der Waals surface area contributed by atoms with Gasteiger partial charge >= 0.3 is 6.09 Å². The van der Waals surface area contributed by atoms with Crippen LogP contribution >= 0.6 is 11.3 Å². The first kappa shape index (κ1) is 17.4. The molecule has 1 aromatic heterocycles. The van der Waals surface area contributed by atoms with Crippen LogP contribution in [0.4, 0.5) is 19.4 Å². The van der Waals surface area contributed by atoms with Crippen molar-refractivity contribution in [2.24, 2.45) is 11.8 Å². The quantitative estimate of drug-likeness (QED) is 0.873. The van der Waals surface area contributed by atoms with Gasteiger partial charge in [0.05, 0.1) is 17.0 Å². The Morgan fingerprint density at radius 2 is 2.15 bits per heavy atom. The van der Waals surface area contributed by atoms with Gasteiger partial charge in [-0.2, -0.15) is 0 Å². The van der Waals surface area contributed by atoms with Crippen molar-refractivity contribution in [1.29, 1.82) is 0 Å². The summed E-state index contributed by atoms with van der Waals surface area (Å²) in [5.74, 6) is -0.742. The summed E-state index contributed by atoms with van der Waals surface area (Å²) in [5.41, 5.74) is 1.54. The highest BCUT2D eigenvalue weighted by atomic mass is 32.1. The second-order valence-electron chi connectivity index (χ2n) is 6.75. The number of benzene rings is 1. The van der Waals surface area contributed by atoms with E-state index in [9.17, 15) is 13.6 Å². The van der Waals surface area contributed by atoms with E-state index in [-0.39, 0.29) is 11.4 Å². The molecule has 0 spiro atoms. The number of piperidine rings is 3. The van der Waals surface area contributed by atoms with Gasteiger partial charge in [-0.3, -0.25) is 5.32 Å². The number of fused-ring (bicyclic) bond motifs is 3. The van der Waals surface area contributed by atoms with E-state index in [1.165, 1.54) is 17.6 Å². The van der Waals surface area contributed by atoms with Gasteiger partial charge in [0, 0.05) is 18.0 Å². The lowest BCUT2D eigenvalue weighted by molar-refractivity contribution is 0.0151. The fourth-order valence-corrected chi connectivity index (χ4v) is 4.56. The number of thiazole rings is 1. The van der Waals surface area contributed by atoms with E-state index in [1.54, 1.807) is 0 Å². The zero-order chi connectivity index (χ0) is 18.1. The topological polar surface area (TPSA) is 54.5 Å². The molecule has 8 heteroatoms. The molecule has 2 bridgehead atoms. The monoisotopic (exact) mass is 379 g/mol. The average molecular weight is 379 g/mol. The van der Waals surface area contributed by atoms with E-state index in [0.717, 1.165) is 49.9 Å². The maximum atomic E-state index is 14.0. The third-order valence-corrected chi connectivity index (χ3v) is 6.06. The van der Waals surface area contributed by atoms with Crippen molar-refractivity contribution in [2.45, 2.75) is 12.8 Å². The van der Waals surface area contributed by atoms with Crippen molar-refractivity contribution in [3.63, 3.8) is 0 Å². The van der Waals surface area contributed by atoms with Gasteiger partial charge in [-0.25, -0.2) is 18.6 Å². The molecule has 0 aliphatic carbocycles. The second-order valence-corrected chi connectivity index (χ2v) is 7.61. The van der Waals surface area contributed by atoms with E-state index in [2.05, 4.69) is 15.2 Å². The predicted octanol–water partition coefficient (Wildman–Crippen LogP) is 3.98. The van der Waals surface area contributed by atoms with Crippen molar-refractivity contribution in [1.82, 2.24) is 9.88 Å². The predicted molar refractivity (Wildman–Crippen MR) is 95.1 cm³/mol. The fraction of sp³-hybridized carbons (Fsp3) is 0.444. The summed E-state index contributed by atoms with van der Waals surface area (Å²) in [5, 5.41) is 2.55. The minimum atomic E-state index is -0.958. The molecular formula is C18H19F2N3O2S. The maximum Gasteiger partial charge on any atom is 0.412 e. The van der Waals surface area contributed by atoms with Crippen LogP contribution in [0.15, 0.2) is 23.7 Å². The van der Waals surface area contributed by atoms with Crippen LogP contribution in [0.1, 0.15) is 12.8 Å². The summed E-state index contributed by atoms with van der Waals surface area (Å²) in [4.78, 5) is 19.0. The number of nitrogens with zero attached hydrogens (tertiary/aromatic N) is 2. The summed E-state index contributed by atoms with van der Waals surface area (Å²) < 4.78 is 32.8. The molecule has 3 aliphatic rings. The standard InChI is InChI=1S/C18H19F2N3O2S/c19-14-3-1-2-13(15(14)20)16-17(21-10-26-16)22-18(24)25-9-12-8-23-6-4-11(12)5-7-23/h1-3,10-12H,4-9H2,(H,22,24). The van der Waals surface area contributed by atoms with Crippen molar-refractivity contribution < 1.29 is 18.3 Å². The highest BCUT2D eigenvalue weighted by Crippen LogP contribution is 2.35. The van der Waals surface area contributed by atoms with Crippen LogP contribution in [-0.4, -0.2) is 42.2 Å². The molecule has 3 saturated heterocycles. The molecule has 0 radical (unpaired) electrons. The molecule has 3 aliphatic heterocycles. The van der Waals surface area contributed by atoms with E-state index in [4.69, 9.17) is 4.74 Å². The summed E-state index contributed by atoms with van der Waals surface area (Å²) in [6.07, 6.45) is 1.69. The smallest absolute Gasteiger partial charge is 0.412 e. The molecule has 5 nitrogen and oxygen atoms in total. The number of amides is 1. The Morgan fingerprint density at radius 3 is 2.88 bits per heavy atom. The van der Waals surface area contributed by atoms with Gasteiger partial charge in [-0.05, 0) is 37.9 Å². The molecule has 26 heavy (non-hydrogen) atoms. The lowest BCUT2D eigenvalue weighted by atomic mass is 9.79. The minimum absolute atomic E-state index is 0.0696. The number of carbonyl (C=O) groups excluding carboxylic acids is 1. The number of hydrogen-bond donors (Lipinski definition) is 1. The van der Waals surface area contributed by atoms with Crippen molar-refractivity contribution >= 4 is 23.2 Å². The van der Waals surface area contributed by atoms with Crippen LogP contribution in [0, 0.1) is 23.5 Å². The van der Waals surface area contributed by atoms with Crippen LogP contribution in [0.5, 0.6) is 0 Å². The van der Waals surface area contributed by atoms with Crippen LogP contribution in [0.2, 0.25) is 0 Å². The van der Waals surface area contributed by atoms with Crippen molar-refractivity contribution in [3.8, 4) is 10.4 Å². The number of aromatic nitrogens is 1. The Balaban J connectivity index is 1.40. The lowest BCUT2D eigenvalue weighted by Crippen LogP contribution is -2.49. The number of rotatable bonds is 4. The number of nitrogens with one attached hydrogen (secondary N) is 1. The normalized spacial score (nSPS) is 24.5. The Hall–Kier alpha value is -2.06. The van der Waals surface area contributed by atoms with Crippen LogP contribution < -0.4 is 5.32 Å². The molecule has 1 unspecified atom stereocenters. The van der Waals surface area contributed by atoms with E-state index < -0.39 is 17.7 Å². The molecule has 1 N–H and O–H groups in total. The highest BCUT2D eigenvalue weighted by molar-refractivity contribution is 7.13. The third-order valence-electron chi connectivity index (χ3n) is 5.20. The minimum Gasteiger partial charge on any atom is -0.449 e. The fourth-order valence-electron chi connectivity index (χ4n) is 3.80. The van der Waals surface area contributed by atoms with Crippen molar-refractivity contribution in [3.05, 3.63) is 35.3 Å². The molecule has 3 fully saturated rings. The van der Waals surface area contributed by atoms with Gasteiger partial charge in [-0.15, -0.1) is 11.3 Å². The molecule has 4 heterocycles. The van der Waals surface area contributed by atoms with E-state index in [1.807, 2.05) is 0 Å². The Bertz CT molecular complexity index is 805. The van der Waals surface area contributed by atoms with Crippen molar-refractivity contribution in [2.75, 3.05) is 31.6 Å². The van der Waals surface area contributed by atoms with E-state index >= 15 is 0 Å². The first-order valence-electron chi connectivity index (χ1n) is 8.66. The van der Waals surface area contributed by atoms with Gasteiger partial charge in [0.25, 0.3) is 0 Å². The summed E-state index contributed by atoms with van der Waals surface area (Å²) in [7, 11) is 0. The summed E-state index contributed by atoms with van der Waals surface area (Å²) >= 11 is 1.13. The lowest BCUT2D eigenvalue weighted by Gasteiger charge is -2.44. The zero-order valence-electron chi connectivity index (χ0n) is 14.1. The average Bonchev–Trinajstić information content (AvgIpc) is 3.11. The highest BCUT2D eigenvalue weighted by Gasteiger charge is 2.34. The van der Waals surface area contributed by atoms with Crippen LogP contribution in [0.3, 0.4) is 0 Å². The Morgan fingerprint density at radius 1 is 1.35 bits per heavy atom. The third kappa shape index (κ3) is 3.43. The largest absolute Gasteiger partial charge is 0.449 e. The molecule has 5 rings (SSSR count). The van der Waals surface area contributed by atoms with Gasteiger partial charge in [0.15, 0.2) is 17.5 Å². The number of halogens is 2. The van der Waals surface area contributed by atoms with E-state index in [0.29, 0.717) is 23.3 Å². The van der Waals surface area contributed by atoms with Gasteiger partial charge in [-0.1, -0.05) is 12.1 Å². The molecule has 0 saturated carbocycles. The molecule has 1 aromatic carbocycles. The number of carbonyl (C=O) groups is 1. The van der Waals surface area contributed by atoms with Crippen LogP contribution in [0.25, 0.3) is 10.4 Å². The zero-order valence-corrected chi connectivity index (χ0v) is 14.9. The summed E-state index contributed by atoms with van der Waals surface area (Å²) in [6, 6.07) is 3.92. The SMILES string of the molecule is O=C(Nc1ncsc1-c1cccc(F)c1F)OCC1CN2CCC1CC2. The Labute approximate surface area is 154 Å². The molecule has 138 valence electrons.